The number of pyridine rings is 2. The van der Waals surface area contributed by atoms with Crippen LogP contribution in [-0.4, -0.2) is 24.9 Å². The molecule has 0 aliphatic heterocycles. The van der Waals surface area contributed by atoms with Gasteiger partial charge in [0.05, 0.1) is 22.1 Å². The Hall–Kier alpha value is -3.73. The predicted molar refractivity (Wildman–Crippen MR) is 151 cm³/mol. The van der Waals surface area contributed by atoms with Crippen molar-refractivity contribution >= 4 is 43.7 Å². The van der Waals surface area contributed by atoms with Crippen LogP contribution in [0.25, 0.3) is 55.1 Å². The molecule has 0 spiro atoms. The number of aromatic nitrogens is 5. The Labute approximate surface area is 215 Å². The van der Waals surface area contributed by atoms with Crippen molar-refractivity contribution in [3.8, 4) is 11.4 Å². The lowest BCUT2D eigenvalue weighted by molar-refractivity contribution is 0.0760. The van der Waals surface area contributed by atoms with Gasteiger partial charge in [-0.15, -0.1) is 0 Å². The van der Waals surface area contributed by atoms with Gasteiger partial charge in [-0.05, 0) is 80.2 Å². The fraction of sp³-hybridized carbons (Fsp3) is 0.344. The summed E-state index contributed by atoms with van der Waals surface area (Å²) in [5.74, 6) is 3.25. The molecule has 5 heteroatoms. The fourth-order valence-electron chi connectivity index (χ4n) is 8.26. The topological polar surface area (TPSA) is 70.2 Å². The van der Waals surface area contributed by atoms with Crippen molar-refractivity contribution in [3.05, 3.63) is 66.6 Å². The quantitative estimate of drug-likeness (QED) is 0.245. The van der Waals surface area contributed by atoms with Gasteiger partial charge in [-0.25, -0.2) is 4.98 Å². The third kappa shape index (κ3) is 3.06. The van der Waals surface area contributed by atoms with E-state index in [0.717, 1.165) is 56.4 Å². The van der Waals surface area contributed by atoms with Gasteiger partial charge in [0, 0.05) is 50.7 Å². The van der Waals surface area contributed by atoms with E-state index in [-0.39, 0.29) is 5.41 Å². The summed E-state index contributed by atoms with van der Waals surface area (Å²) in [4.78, 5) is 22.5. The minimum Gasteiger partial charge on any atom is -0.357 e. The molecule has 2 N–H and O–H groups in total. The molecular formula is C32H31N5. The van der Waals surface area contributed by atoms with Crippen LogP contribution in [0.5, 0.6) is 0 Å². The van der Waals surface area contributed by atoms with Crippen molar-refractivity contribution in [1.82, 2.24) is 24.9 Å². The van der Waals surface area contributed by atoms with Crippen molar-refractivity contribution in [3.63, 3.8) is 0 Å². The Kier molecular flexibility index (Phi) is 4.41. The van der Waals surface area contributed by atoms with E-state index >= 15 is 0 Å². The second-order valence-electron chi connectivity index (χ2n) is 12.0. The normalized spacial score (nSPS) is 25.9. The first-order valence-corrected chi connectivity index (χ1v) is 13.7. The highest BCUT2D eigenvalue weighted by Gasteiger charge is 2.47. The van der Waals surface area contributed by atoms with E-state index in [4.69, 9.17) is 15.0 Å². The number of hydrogen-bond donors (Lipinski definition) is 2. The molecule has 2 unspecified atom stereocenters. The molecule has 184 valence electrons. The van der Waals surface area contributed by atoms with E-state index in [9.17, 15) is 0 Å². The third-order valence-corrected chi connectivity index (χ3v) is 9.17. The molecule has 6 aromatic rings. The van der Waals surface area contributed by atoms with E-state index in [1.807, 2.05) is 24.5 Å². The average Bonchev–Trinajstić information content (AvgIpc) is 3.51. The lowest BCUT2D eigenvalue weighted by Crippen LogP contribution is -2.42. The summed E-state index contributed by atoms with van der Waals surface area (Å²) in [6, 6.07) is 17.0. The number of imidazole rings is 1. The van der Waals surface area contributed by atoms with Crippen LogP contribution in [0.2, 0.25) is 0 Å². The molecule has 0 amide bonds. The Morgan fingerprint density at radius 3 is 2.19 bits per heavy atom. The van der Waals surface area contributed by atoms with Gasteiger partial charge in [-0.1, -0.05) is 32.0 Å². The summed E-state index contributed by atoms with van der Waals surface area (Å²) >= 11 is 0. The number of nitrogens with zero attached hydrogens (tertiary/aromatic N) is 3. The van der Waals surface area contributed by atoms with Crippen LogP contribution in [0.4, 0.5) is 0 Å². The minimum absolute atomic E-state index is 0.167. The zero-order valence-corrected chi connectivity index (χ0v) is 21.4. The summed E-state index contributed by atoms with van der Waals surface area (Å²) in [6.45, 7) is 4.91. The molecule has 2 bridgehead atoms. The standard InChI is InChI=1S/C32H31N5/c1-18-13-20-14-19(2)16-32(15-18,17-20)30-25(21-7-3-4-10-24(21)35-30)31-36-28-22-8-5-11-33-26(22)27-23(29(28)37-31)9-6-12-34-27/h3-12,18-20,35H,13-17H2,1-2H3,(H,36,37). The van der Waals surface area contributed by atoms with Crippen molar-refractivity contribution < 1.29 is 0 Å². The third-order valence-electron chi connectivity index (χ3n) is 9.17. The van der Waals surface area contributed by atoms with Crippen LogP contribution < -0.4 is 0 Å². The fourth-order valence-corrected chi connectivity index (χ4v) is 8.26. The highest BCUT2D eigenvalue weighted by molar-refractivity contribution is 6.21. The Morgan fingerprint density at radius 1 is 0.730 bits per heavy atom. The summed E-state index contributed by atoms with van der Waals surface area (Å²) in [7, 11) is 0. The zero-order valence-electron chi connectivity index (χ0n) is 21.4. The number of rotatable bonds is 2. The van der Waals surface area contributed by atoms with Crippen LogP contribution >= 0.6 is 0 Å². The predicted octanol–water partition coefficient (Wildman–Crippen LogP) is 7.91. The van der Waals surface area contributed by atoms with E-state index in [2.05, 4.69) is 60.2 Å². The van der Waals surface area contributed by atoms with Gasteiger partial charge in [-0.3, -0.25) is 9.97 Å². The second kappa shape index (κ2) is 7.64. The molecule has 0 radical (unpaired) electrons. The summed E-state index contributed by atoms with van der Waals surface area (Å²) in [5, 5.41) is 3.37. The van der Waals surface area contributed by atoms with Crippen LogP contribution in [0.3, 0.4) is 0 Å². The molecule has 37 heavy (non-hydrogen) atoms. The first kappa shape index (κ1) is 21.4. The number of aromatic amines is 2. The Balaban J connectivity index is 1.45. The lowest BCUT2D eigenvalue weighted by atomic mass is 9.55. The van der Waals surface area contributed by atoms with Gasteiger partial charge >= 0.3 is 0 Å². The Bertz CT molecular complexity index is 1730. The molecule has 2 aromatic carbocycles. The van der Waals surface area contributed by atoms with Crippen molar-refractivity contribution in [2.24, 2.45) is 17.8 Å². The van der Waals surface area contributed by atoms with E-state index in [1.54, 1.807) is 0 Å². The molecule has 2 saturated carbocycles. The van der Waals surface area contributed by atoms with Crippen LogP contribution in [0.1, 0.15) is 51.6 Å². The summed E-state index contributed by atoms with van der Waals surface area (Å²) in [5.41, 5.74) is 7.85. The maximum Gasteiger partial charge on any atom is 0.141 e. The molecule has 8 rings (SSSR count). The molecule has 2 atom stereocenters. The number of H-pyrrole nitrogens is 2. The highest BCUT2D eigenvalue weighted by atomic mass is 14.9. The SMILES string of the molecule is CC1CC2CC(C)CC(c3[nH]c4ccccc4c3-c3nc4c5cccnc5c5ncccc5c4[nH]3)(C1)C2. The number of benzene rings is 2. The van der Waals surface area contributed by atoms with E-state index in [1.165, 1.54) is 54.3 Å². The lowest BCUT2D eigenvalue weighted by Gasteiger charge is -2.50. The summed E-state index contributed by atoms with van der Waals surface area (Å²) in [6.07, 6.45) is 10.2. The van der Waals surface area contributed by atoms with E-state index < -0.39 is 0 Å². The molecule has 2 aliphatic carbocycles. The van der Waals surface area contributed by atoms with Crippen LogP contribution in [0.15, 0.2) is 60.9 Å². The smallest absolute Gasteiger partial charge is 0.141 e. The molecule has 4 heterocycles. The highest BCUT2D eigenvalue weighted by Crippen LogP contribution is 2.56. The molecule has 2 fully saturated rings. The number of fused-ring (bicyclic) bond motifs is 9. The largest absolute Gasteiger partial charge is 0.357 e. The van der Waals surface area contributed by atoms with Gasteiger partial charge in [0.1, 0.15) is 5.82 Å². The first-order chi connectivity index (χ1) is 18.1. The number of hydrogen-bond acceptors (Lipinski definition) is 3. The van der Waals surface area contributed by atoms with Crippen LogP contribution in [-0.2, 0) is 5.41 Å². The molecule has 5 nitrogen and oxygen atoms in total. The maximum atomic E-state index is 5.34. The van der Waals surface area contributed by atoms with Crippen molar-refractivity contribution in [1.29, 1.82) is 0 Å². The van der Waals surface area contributed by atoms with Gasteiger partial charge in [-0.2, -0.15) is 0 Å². The van der Waals surface area contributed by atoms with Gasteiger partial charge in [0.25, 0.3) is 0 Å². The number of nitrogens with one attached hydrogen (secondary N) is 2. The average molecular weight is 486 g/mol. The minimum atomic E-state index is 0.167. The molecule has 2 aliphatic rings. The van der Waals surface area contributed by atoms with E-state index in [0.29, 0.717) is 0 Å². The summed E-state index contributed by atoms with van der Waals surface area (Å²) < 4.78 is 0. The molecule has 4 aromatic heterocycles. The van der Waals surface area contributed by atoms with Gasteiger partial charge in [0.15, 0.2) is 0 Å². The van der Waals surface area contributed by atoms with Gasteiger partial charge < -0.3 is 9.97 Å². The Morgan fingerprint density at radius 2 is 1.41 bits per heavy atom. The monoisotopic (exact) mass is 485 g/mol. The van der Waals surface area contributed by atoms with Gasteiger partial charge in [0.2, 0.25) is 0 Å². The molecular weight excluding hydrogens is 454 g/mol. The first-order valence-electron chi connectivity index (χ1n) is 13.7. The molecule has 0 saturated heterocycles. The second-order valence-corrected chi connectivity index (χ2v) is 12.0. The zero-order chi connectivity index (χ0) is 24.7. The van der Waals surface area contributed by atoms with Crippen molar-refractivity contribution in [2.45, 2.75) is 51.4 Å². The maximum absolute atomic E-state index is 5.34. The van der Waals surface area contributed by atoms with Crippen LogP contribution in [0, 0.1) is 17.8 Å². The number of para-hydroxylation sites is 1. The van der Waals surface area contributed by atoms with Crippen molar-refractivity contribution in [2.75, 3.05) is 0 Å².